The van der Waals surface area contributed by atoms with Crippen molar-refractivity contribution in [3.05, 3.63) is 18.5 Å². The number of halogens is 1. The summed E-state index contributed by atoms with van der Waals surface area (Å²) in [5.41, 5.74) is 0. The van der Waals surface area contributed by atoms with E-state index >= 15 is 0 Å². The fourth-order valence-corrected chi connectivity index (χ4v) is 1.45. The molecule has 1 saturated carbocycles. The maximum Gasteiger partial charge on any atom is 0.222 e. The maximum absolute atomic E-state index is 12.4. The van der Waals surface area contributed by atoms with Crippen LogP contribution in [0.3, 0.4) is 0 Å². The minimum absolute atomic E-state index is 0.457. The largest absolute Gasteiger partial charge is 0.354 e. The normalized spacial score (nSPS) is 26.5. The van der Waals surface area contributed by atoms with Gasteiger partial charge in [-0.1, -0.05) is 0 Å². The molecule has 0 aromatic carbocycles. The summed E-state index contributed by atoms with van der Waals surface area (Å²) < 4.78 is 12.4. The Morgan fingerprint density at radius 2 is 2.08 bits per heavy atom. The molecule has 1 aliphatic rings. The van der Waals surface area contributed by atoms with E-state index in [0.717, 1.165) is 6.54 Å². The SMILES string of the molecule is FC1CC(CNc2ncccn2)C1. The van der Waals surface area contributed by atoms with Gasteiger partial charge in [0.2, 0.25) is 5.95 Å². The molecule has 1 aliphatic carbocycles. The Balaban J connectivity index is 1.74. The highest BCUT2D eigenvalue weighted by molar-refractivity contribution is 5.22. The number of nitrogens with zero attached hydrogens (tertiary/aromatic N) is 2. The van der Waals surface area contributed by atoms with E-state index in [9.17, 15) is 4.39 Å². The summed E-state index contributed by atoms with van der Waals surface area (Å²) in [5.74, 6) is 1.09. The summed E-state index contributed by atoms with van der Waals surface area (Å²) >= 11 is 0. The number of rotatable bonds is 3. The zero-order chi connectivity index (χ0) is 9.10. The molecule has 1 aromatic rings. The summed E-state index contributed by atoms with van der Waals surface area (Å²) in [5, 5.41) is 3.08. The number of nitrogens with one attached hydrogen (secondary N) is 1. The van der Waals surface area contributed by atoms with E-state index in [0.29, 0.717) is 24.7 Å². The minimum atomic E-state index is -0.580. The number of aromatic nitrogens is 2. The van der Waals surface area contributed by atoms with Crippen LogP contribution in [0.25, 0.3) is 0 Å². The van der Waals surface area contributed by atoms with Crippen LogP contribution in [0.1, 0.15) is 12.8 Å². The molecule has 1 heterocycles. The van der Waals surface area contributed by atoms with Crippen LogP contribution in [0.15, 0.2) is 18.5 Å². The number of alkyl halides is 1. The van der Waals surface area contributed by atoms with Crippen molar-refractivity contribution < 1.29 is 4.39 Å². The first kappa shape index (κ1) is 8.41. The molecular formula is C9H12FN3. The topological polar surface area (TPSA) is 37.8 Å². The predicted octanol–water partition coefficient (Wildman–Crippen LogP) is 1.64. The van der Waals surface area contributed by atoms with E-state index in [1.54, 1.807) is 18.5 Å². The quantitative estimate of drug-likeness (QED) is 0.770. The van der Waals surface area contributed by atoms with Crippen molar-refractivity contribution in [3.8, 4) is 0 Å². The molecule has 0 saturated heterocycles. The second kappa shape index (κ2) is 3.68. The standard InChI is InChI=1S/C9H12FN3/c10-8-4-7(5-8)6-13-9-11-2-1-3-12-9/h1-3,7-8H,4-6H2,(H,11,12,13). The van der Waals surface area contributed by atoms with Gasteiger partial charge < -0.3 is 5.32 Å². The highest BCUT2D eigenvalue weighted by Crippen LogP contribution is 2.29. The van der Waals surface area contributed by atoms with Crippen LogP contribution >= 0.6 is 0 Å². The minimum Gasteiger partial charge on any atom is -0.354 e. The van der Waals surface area contributed by atoms with Crippen LogP contribution in [-0.2, 0) is 0 Å². The van der Waals surface area contributed by atoms with Crippen LogP contribution in [0.5, 0.6) is 0 Å². The fraction of sp³-hybridized carbons (Fsp3) is 0.556. The molecule has 0 bridgehead atoms. The molecule has 1 fully saturated rings. The Hall–Kier alpha value is -1.19. The van der Waals surface area contributed by atoms with Crippen molar-refractivity contribution in [3.63, 3.8) is 0 Å². The van der Waals surface area contributed by atoms with Gasteiger partial charge in [-0.3, -0.25) is 0 Å². The van der Waals surface area contributed by atoms with Gasteiger partial charge in [-0.2, -0.15) is 0 Å². The highest BCUT2D eigenvalue weighted by atomic mass is 19.1. The third kappa shape index (κ3) is 2.14. The van der Waals surface area contributed by atoms with E-state index in [1.807, 2.05) is 0 Å². The zero-order valence-corrected chi connectivity index (χ0v) is 7.28. The van der Waals surface area contributed by atoms with Gasteiger partial charge in [0, 0.05) is 18.9 Å². The summed E-state index contributed by atoms with van der Waals surface area (Å²) in [7, 11) is 0. The predicted molar refractivity (Wildman–Crippen MR) is 48.1 cm³/mol. The summed E-state index contributed by atoms with van der Waals surface area (Å²) in [6, 6.07) is 1.77. The van der Waals surface area contributed by atoms with Gasteiger partial charge >= 0.3 is 0 Å². The molecule has 0 radical (unpaired) electrons. The van der Waals surface area contributed by atoms with Gasteiger partial charge in [0.15, 0.2) is 0 Å². The molecule has 0 atom stereocenters. The zero-order valence-electron chi connectivity index (χ0n) is 7.28. The molecule has 0 spiro atoms. The average molecular weight is 181 g/mol. The molecule has 4 heteroatoms. The van der Waals surface area contributed by atoms with Crippen molar-refractivity contribution in [1.29, 1.82) is 0 Å². The Morgan fingerprint density at radius 1 is 1.38 bits per heavy atom. The van der Waals surface area contributed by atoms with Gasteiger partial charge in [-0.25, -0.2) is 14.4 Å². The van der Waals surface area contributed by atoms with Crippen LogP contribution in [0.4, 0.5) is 10.3 Å². The van der Waals surface area contributed by atoms with Gasteiger partial charge in [0.25, 0.3) is 0 Å². The van der Waals surface area contributed by atoms with E-state index < -0.39 is 6.17 Å². The van der Waals surface area contributed by atoms with Gasteiger partial charge in [0.05, 0.1) is 0 Å². The Kier molecular flexibility index (Phi) is 2.38. The lowest BCUT2D eigenvalue weighted by Gasteiger charge is -2.29. The van der Waals surface area contributed by atoms with Gasteiger partial charge in [0.1, 0.15) is 6.17 Å². The molecule has 0 unspecified atom stereocenters. The van der Waals surface area contributed by atoms with Crippen LogP contribution < -0.4 is 5.32 Å². The van der Waals surface area contributed by atoms with Crippen LogP contribution in [0.2, 0.25) is 0 Å². The first-order chi connectivity index (χ1) is 6.34. The molecule has 2 rings (SSSR count). The Labute approximate surface area is 76.4 Å². The third-order valence-electron chi connectivity index (χ3n) is 2.29. The van der Waals surface area contributed by atoms with Crippen LogP contribution in [0, 0.1) is 5.92 Å². The molecule has 1 N–H and O–H groups in total. The van der Waals surface area contributed by atoms with Crippen molar-refractivity contribution in [1.82, 2.24) is 9.97 Å². The second-order valence-corrected chi connectivity index (χ2v) is 3.39. The van der Waals surface area contributed by atoms with Gasteiger partial charge in [-0.15, -0.1) is 0 Å². The summed E-state index contributed by atoms with van der Waals surface area (Å²) in [6.45, 7) is 0.782. The lowest BCUT2D eigenvalue weighted by Crippen LogP contribution is -2.30. The first-order valence-corrected chi connectivity index (χ1v) is 4.49. The molecule has 1 aromatic heterocycles. The van der Waals surface area contributed by atoms with E-state index in [2.05, 4.69) is 15.3 Å². The van der Waals surface area contributed by atoms with Crippen molar-refractivity contribution in [2.75, 3.05) is 11.9 Å². The van der Waals surface area contributed by atoms with E-state index in [4.69, 9.17) is 0 Å². The monoisotopic (exact) mass is 181 g/mol. The number of hydrogen-bond donors (Lipinski definition) is 1. The third-order valence-corrected chi connectivity index (χ3v) is 2.29. The van der Waals surface area contributed by atoms with E-state index in [-0.39, 0.29) is 0 Å². The average Bonchev–Trinajstić information content (AvgIpc) is 2.12. The van der Waals surface area contributed by atoms with Crippen molar-refractivity contribution in [2.24, 2.45) is 5.92 Å². The first-order valence-electron chi connectivity index (χ1n) is 4.49. The maximum atomic E-state index is 12.4. The smallest absolute Gasteiger partial charge is 0.222 e. The Bertz CT molecular complexity index is 259. The molecular weight excluding hydrogens is 169 g/mol. The molecule has 0 aliphatic heterocycles. The van der Waals surface area contributed by atoms with Crippen molar-refractivity contribution in [2.45, 2.75) is 19.0 Å². The second-order valence-electron chi connectivity index (χ2n) is 3.39. The highest BCUT2D eigenvalue weighted by Gasteiger charge is 2.28. The Morgan fingerprint density at radius 3 is 2.69 bits per heavy atom. The molecule has 70 valence electrons. The molecule has 13 heavy (non-hydrogen) atoms. The number of anilines is 1. The van der Waals surface area contributed by atoms with Crippen LogP contribution in [-0.4, -0.2) is 22.7 Å². The van der Waals surface area contributed by atoms with Crippen molar-refractivity contribution >= 4 is 5.95 Å². The lowest BCUT2D eigenvalue weighted by atomic mass is 9.83. The van der Waals surface area contributed by atoms with Gasteiger partial charge in [-0.05, 0) is 24.8 Å². The molecule has 0 amide bonds. The molecule has 3 nitrogen and oxygen atoms in total. The summed E-state index contributed by atoms with van der Waals surface area (Å²) in [4.78, 5) is 8.02. The lowest BCUT2D eigenvalue weighted by molar-refractivity contribution is 0.140. The fourth-order valence-electron chi connectivity index (χ4n) is 1.45. The van der Waals surface area contributed by atoms with E-state index in [1.165, 1.54) is 0 Å². The number of hydrogen-bond acceptors (Lipinski definition) is 3. The summed E-state index contributed by atoms with van der Waals surface area (Å²) in [6.07, 6.45) is 4.16.